The summed E-state index contributed by atoms with van der Waals surface area (Å²) in [5.41, 5.74) is 5.76. The van der Waals surface area contributed by atoms with E-state index in [1.807, 2.05) is 42.9 Å². The van der Waals surface area contributed by atoms with Gasteiger partial charge in [0, 0.05) is 59.9 Å². The molecule has 0 saturated heterocycles. The number of pyridine rings is 2. The first kappa shape index (κ1) is 41.5. The molecular weight excluding hydrogens is 576 g/mol. The molecule has 0 aliphatic heterocycles. The SMILES string of the molecule is CC(C)(C)c1ncc2c(n1)CCCC2.CC(C)(C)c1ncccn1.CC(C)C.CC(C)C.c1cc2c(cn1)CCC2.c1ccncc1. The molecule has 0 bridgehead atoms. The zero-order valence-corrected chi connectivity index (χ0v) is 31.7. The number of aryl methyl sites for hydroxylation is 4. The summed E-state index contributed by atoms with van der Waals surface area (Å²) in [5.74, 6) is 3.55. The van der Waals surface area contributed by atoms with Crippen LogP contribution in [0.2, 0.25) is 0 Å². The minimum Gasteiger partial charge on any atom is -0.265 e. The van der Waals surface area contributed by atoms with Gasteiger partial charge in [0.15, 0.2) is 0 Å². The molecule has 0 spiro atoms. The summed E-state index contributed by atoms with van der Waals surface area (Å²) >= 11 is 0. The Morgan fingerprint density at radius 3 is 1.49 bits per heavy atom. The van der Waals surface area contributed by atoms with Gasteiger partial charge in [-0.15, -0.1) is 0 Å². The van der Waals surface area contributed by atoms with Gasteiger partial charge in [-0.2, -0.15) is 0 Å². The Bertz CT molecular complexity index is 1280. The lowest BCUT2D eigenvalue weighted by Crippen LogP contribution is -2.19. The van der Waals surface area contributed by atoms with Gasteiger partial charge >= 0.3 is 0 Å². The largest absolute Gasteiger partial charge is 0.265 e. The van der Waals surface area contributed by atoms with E-state index >= 15 is 0 Å². The smallest absolute Gasteiger partial charge is 0.133 e. The molecule has 6 nitrogen and oxygen atoms in total. The molecule has 2 aliphatic carbocycles. The maximum absolute atomic E-state index is 4.67. The van der Waals surface area contributed by atoms with E-state index < -0.39 is 0 Å². The first-order valence-electron chi connectivity index (χ1n) is 17.5. The van der Waals surface area contributed by atoms with Crippen LogP contribution in [0.3, 0.4) is 0 Å². The maximum Gasteiger partial charge on any atom is 0.133 e. The summed E-state index contributed by atoms with van der Waals surface area (Å²) in [5, 5.41) is 0. The zero-order chi connectivity index (χ0) is 35.3. The molecule has 4 aromatic rings. The predicted molar refractivity (Wildman–Crippen MR) is 200 cm³/mol. The second-order valence-corrected chi connectivity index (χ2v) is 15.4. The van der Waals surface area contributed by atoms with Gasteiger partial charge in [0.05, 0.1) is 0 Å². The van der Waals surface area contributed by atoms with Crippen LogP contribution in [0.1, 0.15) is 136 Å². The quantitative estimate of drug-likeness (QED) is 0.190. The summed E-state index contributed by atoms with van der Waals surface area (Å²) in [7, 11) is 0. The molecule has 0 amide bonds. The molecule has 0 aromatic carbocycles. The van der Waals surface area contributed by atoms with Crippen LogP contribution in [0.25, 0.3) is 0 Å². The van der Waals surface area contributed by atoms with Gasteiger partial charge < -0.3 is 0 Å². The summed E-state index contributed by atoms with van der Waals surface area (Å²) in [6.45, 7) is 25.8. The van der Waals surface area contributed by atoms with Crippen LogP contribution in [-0.4, -0.2) is 29.9 Å². The van der Waals surface area contributed by atoms with Gasteiger partial charge in [-0.05, 0) is 97.7 Å². The van der Waals surface area contributed by atoms with Crippen LogP contribution in [0, 0.1) is 11.8 Å². The fraction of sp³-hybridized carbons (Fsp3) is 0.561. The molecule has 6 heteroatoms. The Labute approximate surface area is 287 Å². The highest BCUT2D eigenvalue weighted by atomic mass is 14.9. The van der Waals surface area contributed by atoms with E-state index in [9.17, 15) is 0 Å². The van der Waals surface area contributed by atoms with Crippen LogP contribution in [0.5, 0.6) is 0 Å². The number of hydrogen-bond acceptors (Lipinski definition) is 6. The highest BCUT2D eigenvalue weighted by molar-refractivity contribution is 5.27. The third-order valence-electron chi connectivity index (χ3n) is 6.43. The molecule has 4 aromatic heterocycles. The van der Waals surface area contributed by atoms with Crippen LogP contribution >= 0.6 is 0 Å². The van der Waals surface area contributed by atoms with Crippen LogP contribution < -0.4 is 0 Å². The first-order valence-corrected chi connectivity index (χ1v) is 17.5. The molecule has 0 atom stereocenters. The van der Waals surface area contributed by atoms with Crippen molar-refractivity contribution in [2.45, 2.75) is 139 Å². The van der Waals surface area contributed by atoms with Crippen molar-refractivity contribution in [2.75, 3.05) is 0 Å². The lowest BCUT2D eigenvalue weighted by Gasteiger charge is -2.20. The molecule has 258 valence electrons. The maximum atomic E-state index is 4.67. The van der Waals surface area contributed by atoms with Crippen molar-refractivity contribution in [1.82, 2.24) is 29.9 Å². The Morgan fingerprint density at radius 2 is 1.02 bits per heavy atom. The van der Waals surface area contributed by atoms with Gasteiger partial charge in [-0.25, -0.2) is 19.9 Å². The minimum atomic E-state index is 0.0707. The fourth-order valence-electron chi connectivity index (χ4n) is 4.23. The van der Waals surface area contributed by atoms with Crippen LogP contribution in [-0.2, 0) is 36.5 Å². The summed E-state index contributed by atoms with van der Waals surface area (Å²) in [4.78, 5) is 25.2. The number of fused-ring (bicyclic) bond motifs is 2. The standard InChI is InChI=1S/C12H18N2.C8H12N2.C8H9N.C5H5N.2C4H10/c1-12(2,3)11-13-8-9-6-4-5-7-10(9)14-11;1-8(2,3)7-9-5-4-6-10-7;1-2-7-4-5-9-6-8(7)3-1;1-2-4-6-5-3-1;2*1-4(2)3/h8H,4-7H2,1-3H3;4-6H,1-3H3;4-6H,1-3H2;1-5H;2*4H,1-3H3. The van der Waals surface area contributed by atoms with E-state index in [0.29, 0.717) is 0 Å². The summed E-state index contributed by atoms with van der Waals surface area (Å²) < 4.78 is 0. The predicted octanol–water partition coefficient (Wildman–Crippen LogP) is 10.4. The molecule has 2 aliphatic rings. The van der Waals surface area contributed by atoms with Gasteiger partial charge in [0.1, 0.15) is 11.6 Å². The lowest BCUT2D eigenvalue weighted by molar-refractivity contribution is 0.532. The van der Waals surface area contributed by atoms with Gasteiger partial charge in [-0.3, -0.25) is 9.97 Å². The topological polar surface area (TPSA) is 77.3 Å². The minimum absolute atomic E-state index is 0.0707. The molecule has 0 fully saturated rings. The number of rotatable bonds is 0. The number of nitrogens with zero attached hydrogens (tertiary/aromatic N) is 6. The van der Waals surface area contributed by atoms with Gasteiger partial charge in [0.2, 0.25) is 0 Å². The molecule has 6 rings (SSSR count). The van der Waals surface area contributed by atoms with Crippen molar-refractivity contribution in [2.24, 2.45) is 11.8 Å². The van der Waals surface area contributed by atoms with Crippen molar-refractivity contribution < 1.29 is 0 Å². The molecule has 0 unspecified atom stereocenters. The Hall–Kier alpha value is -3.54. The second-order valence-electron chi connectivity index (χ2n) is 15.4. The highest BCUT2D eigenvalue weighted by Crippen LogP contribution is 2.23. The third kappa shape index (κ3) is 19.7. The van der Waals surface area contributed by atoms with E-state index in [1.165, 1.54) is 60.9 Å². The van der Waals surface area contributed by atoms with E-state index in [-0.39, 0.29) is 10.8 Å². The Balaban J connectivity index is 0.000000299. The van der Waals surface area contributed by atoms with Gasteiger partial charge in [0.25, 0.3) is 0 Å². The van der Waals surface area contributed by atoms with Gasteiger partial charge in [-0.1, -0.05) is 89.2 Å². The van der Waals surface area contributed by atoms with Crippen LogP contribution in [0.4, 0.5) is 0 Å². The monoisotopic (exact) mass is 641 g/mol. The van der Waals surface area contributed by atoms with Crippen molar-refractivity contribution in [1.29, 1.82) is 0 Å². The lowest BCUT2D eigenvalue weighted by atomic mass is 9.93. The number of hydrogen-bond donors (Lipinski definition) is 0. The summed E-state index contributed by atoms with van der Waals surface area (Å²) in [6, 6.07) is 9.67. The average molecular weight is 641 g/mol. The third-order valence-corrected chi connectivity index (χ3v) is 6.43. The Kier molecular flexibility index (Phi) is 19.5. The van der Waals surface area contributed by atoms with Crippen molar-refractivity contribution >= 4 is 0 Å². The van der Waals surface area contributed by atoms with Crippen molar-refractivity contribution in [3.8, 4) is 0 Å². The molecular formula is C41H64N6. The van der Waals surface area contributed by atoms with E-state index in [1.54, 1.807) is 24.8 Å². The Morgan fingerprint density at radius 1 is 0.489 bits per heavy atom. The first-order chi connectivity index (χ1) is 22.1. The number of aromatic nitrogens is 6. The molecule has 4 heterocycles. The van der Waals surface area contributed by atoms with Crippen LogP contribution in [0.15, 0.2) is 73.7 Å². The molecule has 0 saturated carbocycles. The fourth-order valence-corrected chi connectivity index (χ4v) is 4.23. The van der Waals surface area contributed by atoms with E-state index in [2.05, 4.69) is 119 Å². The molecule has 47 heavy (non-hydrogen) atoms. The van der Waals surface area contributed by atoms with E-state index in [4.69, 9.17) is 0 Å². The van der Waals surface area contributed by atoms with Crippen molar-refractivity contribution in [3.63, 3.8) is 0 Å². The summed E-state index contributed by atoms with van der Waals surface area (Å²) in [6.07, 6.45) is 21.7. The molecule has 0 N–H and O–H groups in total. The normalized spacial score (nSPS) is 12.9. The van der Waals surface area contributed by atoms with Crippen molar-refractivity contribution in [3.05, 3.63) is 108 Å². The van der Waals surface area contributed by atoms with E-state index in [0.717, 1.165) is 29.9 Å². The average Bonchev–Trinajstić information content (AvgIpc) is 3.51. The zero-order valence-electron chi connectivity index (χ0n) is 31.7. The molecule has 0 radical (unpaired) electrons. The highest BCUT2D eigenvalue weighted by Gasteiger charge is 2.20. The second kappa shape index (κ2) is 22.1.